The van der Waals surface area contributed by atoms with E-state index in [0.29, 0.717) is 17.9 Å². The third-order valence-corrected chi connectivity index (χ3v) is 2.37. The number of carbonyl (C=O) groups excluding carboxylic acids is 1. The number of hydrogen-bond acceptors (Lipinski definition) is 3. The first-order valence-corrected chi connectivity index (χ1v) is 4.82. The van der Waals surface area contributed by atoms with Crippen LogP contribution in [0.5, 0.6) is 5.75 Å². The molecule has 76 valence electrons. The second kappa shape index (κ2) is 5.12. The number of halogens is 1. The van der Waals surface area contributed by atoms with Crippen molar-refractivity contribution in [2.75, 3.05) is 14.2 Å². The molecule has 3 nitrogen and oxygen atoms in total. The normalized spacial score (nSPS) is 9.93. The van der Waals surface area contributed by atoms with Crippen LogP contribution in [0.4, 0.5) is 0 Å². The van der Waals surface area contributed by atoms with Gasteiger partial charge in [-0.2, -0.15) is 0 Å². The maximum Gasteiger partial charge on any atom is 0.150 e. The van der Waals surface area contributed by atoms with Crippen LogP contribution in [0.25, 0.3) is 0 Å². The molecule has 1 rings (SSSR count). The minimum Gasteiger partial charge on any atom is -0.495 e. The third kappa shape index (κ3) is 2.33. The van der Waals surface area contributed by atoms with Crippen molar-refractivity contribution >= 4 is 22.2 Å². The predicted molar refractivity (Wildman–Crippen MR) is 56.8 cm³/mol. The first kappa shape index (κ1) is 11.2. The Balaban J connectivity index is 3.20. The van der Waals surface area contributed by atoms with Gasteiger partial charge in [-0.3, -0.25) is 4.79 Å². The van der Waals surface area contributed by atoms with Gasteiger partial charge in [0.2, 0.25) is 0 Å². The monoisotopic (exact) mass is 258 g/mol. The van der Waals surface area contributed by atoms with Crippen LogP contribution in [0.1, 0.15) is 15.9 Å². The van der Waals surface area contributed by atoms with E-state index in [1.165, 1.54) is 0 Å². The zero-order chi connectivity index (χ0) is 10.6. The van der Waals surface area contributed by atoms with Crippen molar-refractivity contribution in [2.24, 2.45) is 0 Å². The lowest BCUT2D eigenvalue weighted by Gasteiger charge is -2.10. The molecule has 0 aromatic heterocycles. The van der Waals surface area contributed by atoms with Crippen molar-refractivity contribution in [3.05, 3.63) is 27.7 Å². The number of benzene rings is 1. The molecule has 0 heterocycles. The summed E-state index contributed by atoms with van der Waals surface area (Å²) in [7, 11) is 3.18. The number of methoxy groups -OCH3 is 2. The van der Waals surface area contributed by atoms with Gasteiger partial charge in [0.15, 0.2) is 0 Å². The molecule has 1 aromatic carbocycles. The number of hydrogen-bond donors (Lipinski definition) is 0. The number of ether oxygens (including phenoxy) is 2. The van der Waals surface area contributed by atoms with Crippen LogP contribution in [-0.4, -0.2) is 20.5 Å². The van der Waals surface area contributed by atoms with E-state index < -0.39 is 0 Å². The molecule has 1 aromatic rings. The van der Waals surface area contributed by atoms with E-state index in [0.717, 1.165) is 16.3 Å². The van der Waals surface area contributed by atoms with E-state index in [-0.39, 0.29) is 0 Å². The van der Waals surface area contributed by atoms with E-state index in [9.17, 15) is 4.79 Å². The summed E-state index contributed by atoms with van der Waals surface area (Å²) >= 11 is 3.33. The average Bonchev–Trinajstić information content (AvgIpc) is 2.18. The molecular formula is C10H11BrO3. The van der Waals surface area contributed by atoms with Gasteiger partial charge in [-0.15, -0.1) is 0 Å². The highest BCUT2D eigenvalue weighted by molar-refractivity contribution is 9.10. The second-order valence-electron chi connectivity index (χ2n) is 2.75. The molecule has 0 fully saturated rings. The van der Waals surface area contributed by atoms with Gasteiger partial charge in [-0.05, 0) is 28.1 Å². The van der Waals surface area contributed by atoms with Crippen molar-refractivity contribution < 1.29 is 14.3 Å². The SMILES string of the molecule is COCc1cc(C=O)cc(Br)c1OC. The van der Waals surface area contributed by atoms with Crippen molar-refractivity contribution in [3.63, 3.8) is 0 Å². The van der Waals surface area contributed by atoms with Crippen LogP contribution < -0.4 is 4.74 Å². The molecule has 4 heteroatoms. The molecule has 0 radical (unpaired) electrons. The van der Waals surface area contributed by atoms with E-state index in [1.807, 2.05) is 0 Å². The smallest absolute Gasteiger partial charge is 0.150 e. The van der Waals surface area contributed by atoms with Gasteiger partial charge in [0.05, 0.1) is 18.2 Å². The quantitative estimate of drug-likeness (QED) is 0.779. The highest BCUT2D eigenvalue weighted by atomic mass is 79.9. The molecule has 0 aliphatic carbocycles. The fraction of sp³-hybridized carbons (Fsp3) is 0.300. The Bertz CT molecular complexity index is 336. The van der Waals surface area contributed by atoms with Gasteiger partial charge in [-0.1, -0.05) is 0 Å². The molecule has 0 saturated heterocycles. The van der Waals surface area contributed by atoms with E-state index in [1.54, 1.807) is 26.4 Å². The molecule has 14 heavy (non-hydrogen) atoms. The first-order chi connectivity index (χ1) is 6.72. The predicted octanol–water partition coefficient (Wildman–Crippen LogP) is 2.42. The molecule has 0 spiro atoms. The maximum absolute atomic E-state index is 10.6. The van der Waals surface area contributed by atoms with Gasteiger partial charge in [0.25, 0.3) is 0 Å². The number of rotatable bonds is 4. The molecule has 0 saturated carbocycles. The summed E-state index contributed by atoms with van der Waals surface area (Å²) in [6.45, 7) is 0.420. The van der Waals surface area contributed by atoms with Crippen molar-refractivity contribution in [1.29, 1.82) is 0 Å². The summed E-state index contributed by atoms with van der Waals surface area (Å²) < 4.78 is 11.0. The molecule has 0 aliphatic heterocycles. The Morgan fingerprint density at radius 2 is 2.14 bits per heavy atom. The summed E-state index contributed by atoms with van der Waals surface area (Å²) in [6.07, 6.45) is 0.795. The standard InChI is InChI=1S/C10H11BrO3/c1-13-6-8-3-7(5-12)4-9(11)10(8)14-2/h3-5H,6H2,1-2H3. The second-order valence-corrected chi connectivity index (χ2v) is 3.60. The Morgan fingerprint density at radius 3 is 2.64 bits per heavy atom. The van der Waals surface area contributed by atoms with Gasteiger partial charge >= 0.3 is 0 Å². The number of aldehydes is 1. The Hall–Kier alpha value is -0.870. The lowest BCUT2D eigenvalue weighted by molar-refractivity contribution is 0.112. The van der Waals surface area contributed by atoms with Gasteiger partial charge in [0, 0.05) is 18.2 Å². The summed E-state index contributed by atoms with van der Waals surface area (Å²) in [5.41, 5.74) is 1.45. The Morgan fingerprint density at radius 1 is 1.43 bits per heavy atom. The zero-order valence-corrected chi connectivity index (χ0v) is 9.63. The molecule has 0 N–H and O–H groups in total. The van der Waals surface area contributed by atoms with Gasteiger partial charge in [-0.25, -0.2) is 0 Å². The minimum absolute atomic E-state index is 0.420. The van der Waals surface area contributed by atoms with Crippen LogP contribution in [0.3, 0.4) is 0 Å². The molecule has 0 bridgehead atoms. The molecule has 0 atom stereocenters. The number of carbonyl (C=O) groups is 1. The van der Waals surface area contributed by atoms with E-state index in [2.05, 4.69) is 15.9 Å². The molecule has 0 unspecified atom stereocenters. The third-order valence-electron chi connectivity index (χ3n) is 1.78. The van der Waals surface area contributed by atoms with Crippen LogP contribution in [0, 0.1) is 0 Å². The van der Waals surface area contributed by atoms with Gasteiger partial charge in [0.1, 0.15) is 12.0 Å². The molecule has 0 aliphatic rings. The molecular weight excluding hydrogens is 248 g/mol. The van der Waals surface area contributed by atoms with Gasteiger partial charge < -0.3 is 9.47 Å². The van der Waals surface area contributed by atoms with E-state index in [4.69, 9.17) is 9.47 Å². The highest BCUT2D eigenvalue weighted by Gasteiger charge is 2.09. The minimum atomic E-state index is 0.420. The molecule has 0 amide bonds. The van der Waals surface area contributed by atoms with Crippen LogP contribution in [0.2, 0.25) is 0 Å². The van der Waals surface area contributed by atoms with E-state index >= 15 is 0 Å². The van der Waals surface area contributed by atoms with Crippen LogP contribution in [0.15, 0.2) is 16.6 Å². The Kier molecular flexibility index (Phi) is 4.10. The zero-order valence-electron chi connectivity index (χ0n) is 8.04. The fourth-order valence-electron chi connectivity index (χ4n) is 1.23. The largest absolute Gasteiger partial charge is 0.495 e. The maximum atomic E-state index is 10.6. The van der Waals surface area contributed by atoms with Crippen LogP contribution >= 0.6 is 15.9 Å². The first-order valence-electron chi connectivity index (χ1n) is 4.03. The van der Waals surface area contributed by atoms with Crippen LogP contribution in [-0.2, 0) is 11.3 Å². The summed E-state index contributed by atoms with van der Waals surface area (Å²) in [4.78, 5) is 10.6. The van der Waals surface area contributed by atoms with Crippen molar-refractivity contribution in [2.45, 2.75) is 6.61 Å². The summed E-state index contributed by atoms with van der Waals surface area (Å²) in [6, 6.07) is 3.46. The summed E-state index contributed by atoms with van der Waals surface area (Å²) in [5, 5.41) is 0. The lowest BCUT2D eigenvalue weighted by Crippen LogP contribution is -1.97. The topological polar surface area (TPSA) is 35.5 Å². The average molecular weight is 259 g/mol. The van der Waals surface area contributed by atoms with Crippen molar-refractivity contribution in [1.82, 2.24) is 0 Å². The Labute approximate surface area is 91.1 Å². The fourth-order valence-corrected chi connectivity index (χ4v) is 1.91. The van der Waals surface area contributed by atoms with Crippen molar-refractivity contribution in [3.8, 4) is 5.75 Å². The summed E-state index contributed by atoms with van der Waals surface area (Å²) in [5.74, 6) is 0.706. The highest BCUT2D eigenvalue weighted by Crippen LogP contribution is 2.30. The lowest BCUT2D eigenvalue weighted by atomic mass is 10.1.